The zero-order valence-corrected chi connectivity index (χ0v) is 15.1. The first-order valence-electron chi connectivity index (χ1n) is 8.52. The van der Waals surface area contributed by atoms with E-state index in [1.54, 1.807) is 0 Å². The number of rotatable bonds is 1. The van der Waals surface area contributed by atoms with Crippen LogP contribution in [0.2, 0.25) is 0 Å². The van der Waals surface area contributed by atoms with Crippen molar-refractivity contribution in [3.05, 3.63) is 70.0 Å². The van der Waals surface area contributed by atoms with Crippen LogP contribution in [-0.2, 0) is 13.5 Å². The highest BCUT2D eigenvalue weighted by Gasteiger charge is 2.31. The van der Waals surface area contributed by atoms with Crippen LogP contribution >= 0.6 is 0 Å². The van der Waals surface area contributed by atoms with Crippen LogP contribution in [0.3, 0.4) is 0 Å². The molecule has 1 aliphatic carbocycles. The second-order valence-corrected chi connectivity index (χ2v) is 7.07. The average molecular weight is 315 g/mol. The SMILES string of the molecule is Cc1cc(C)c(C)c(-c2c3c(nc[n+]2C)-c2c(C)cccc2C3)c1. The number of hydrogen-bond acceptors (Lipinski definition) is 1. The van der Waals surface area contributed by atoms with Gasteiger partial charge >= 0.3 is 0 Å². The molecule has 1 aromatic heterocycles. The summed E-state index contributed by atoms with van der Waals surface area (Å²) in [4.78, 5) is 4.78. The van der Waals surface area contributed by atoms with Crippen molar-refractivity contribution in [1.82, 2.24) is 4.98 Å². The van der Waals surface area contributed by atoms with Gasteiger partial charge in [-0.2, -0.15) is 0 Å². The van der Waals surface area contributed by atoms with Crippen molar-refractivity contribution >= 4 is 0 Å². The van der Waals surface area contributed by atoms with Gasteiger partial charge < -0.3 is 0 Å². The minimum atomic E-state index is 0.968. The molecule has 0 saturated carbocycles. The molecule has 0 N–H and O–H groups in total. The molecular formula is C22H23N2+. The summed E-state index contributed by atoms with van der Waals surface area (Å²) in [6.45, 7) is 8.79. The largest absolute Gasteiger partial charge is 0.287 e. The third-order valence-corrected chi connectivity index (χ3v) is 5.31. The van der Waals surface area contributed by atoms with E-state index in [0.717, 1.165) is 12.1 Å². The predicted molar refractivity (Wildman–Crippen MR) is 98.0 cm³/mol. The van der Waals surface area contributed by atoms with Gasteiger partial charge in [0.05, 0.1) is 12.6 Å². The van der Waals surface area contributed by atoms with E-state index >= 15 is 0 Å². The zero-order chi connectivity index (χ0) is 17.0. The Bertz CT molecular complexity index is 984. The Kier molecular flexibility index (Phi) is 3.31. The molecule has 0 radical (unpaired) electrons. The lowest BCUT2D eigenvalue weighted by molar-refractivity contribution is -0.663. The van der Waals surface area contributed by atoms with Gasteiger partial charge in [0.15, 0.2) is 5.69 Å². The first-order chi connectivity index (χ1) is 11.5. The molecule has 2 aromatic carbocycles. The number of aromatic nitrogens is 2. The van der Waals surface area contributed by atoms with Crippen LogP contribution in [0.25, 0.3) is 22.5 Å². The fourth-order valence-corrected chi connectivity index (χ4v) is 4.03. The quantitative estimate of drug-likeness (QED) is 0.476. The predicted octanol–water partition coefficient (Wildman–Crippen LogP) is 4.38. The standard InChI is InChI=1S/C22H23N2/c1-13-9-15(3)16(4)18(10-13)22-19-11-17-8-6-7-14(2)20(17)21(19)23-12-24(22)5/h6-10,12H,11H2,1-5H3/q+1. The first-order valence-corrected chi connectivity index (χ1v) is 8.52. The van der Waals surface area contributed by atoms with E-state index in [-0.39, 0.29) is 0 Å². The van der Waals surface area contributed by atoms with Crippen molar-refractivity contribution < 1.29 is 4.57 Å². The van der Waals surface area contributed by atoms with Gasteiger partial charge in [0.1, 0.15) is 5.69 Å². The lowest BCUT2D eigenvalue weighted by Gasteiger charge is -2.13. The Balaban J connectivity index is 2.04. The molecule has 4 rings (SSSR count). The molecule has 1 heterocycles. The molecule has 2 heteroatoms. The highest BCUT2D eigenvalue weighted by Crippen LogP contribution is 2.41. The molecule has 0 amide bonds. The number of fused-ring (bicyclic) bond motifs is 3. The number of aryl methyl sites for hydroxylation is 4. The van der Waals surface area contributed by atoms with Gasteiger partial charge in [-0.25, -0.2) is 4.57 Å². The Morgan fingerprint density at radius 2 is 1.79 bits per heavy atom. The number of hydrogen-bond donors (Lipinski definition) is 0. The number of benzene rings is 2. The highest BCUT2D eigenvalue weighted by molar-refractivity contribution is 5.82. The van der Waals surface area contributed by atoms with Crippen LogP contribution in [-0.4, -0.2) is 4.98 Å². The Morgan fingerprint density at radius 1 is 1.00 bits per heavy atom. The molecule has 24 heavy (non-hydrogen) atoms. The second kappa shape index (κ2) is 5.27. The fraction of sp³-hybridized carbons (Fsp3) is 0.273. The van der Waals surface area contributed by atoms with Crippen molar-refractivity contribution in [3.8, 4) is 22.5 Å². The summed E-state index contributed by atoms with van der Waals surface area (Å²) >= 11 is 0. The molecule has 1 aliphatic rings. The van der Waals surface area contributed by atoms with E-state index in [9.17, 15) is 0 Å². The van der Waals surface area contributed by atoms with Gasteiger partial charge in [0.25, 0.3) is 6.33 Å². The summed E-state index contributed by atoms with van der Waals surface area (Å²) in [5.74, 6) is 0. The van der Waals surface area contributed by atoms with Gasteiger partial charge in [-0.15, -0.1) is 0 Å². The van der Waals surface area contributed by atoms with Crippen molar-refractivity contribution in [2.75, 3.05) is 0 Å². The summed E-state index contributed by atoms with van der Waals surface area (Å²) < 4.78 is 2.18. The van der Waals surface area contributed by atoms with E-state index in [4.69, 9.17) is 4.98 Å². The molecule has 0 spiro atoms. The third-order valence-electron chi connectivity index (χ3n) is 5.31. The van der Waals surface area contributed by atoms with Crippen molar-refractivity contribution in [3.63, 3.8) is 0 Å². The molecular weight excluding hydrogens is 292 g/mol. The summed E-state index contributed by atoms with van der Waals surface area (Å²) in [5, 5.41) is 0. The molecule has 2 nitrogen and oxygen atoms in total. The molecule has 0 aliphatic heterocycles. The van der Waals surface area contributed by atoms with Crippen LogP contribution in [0.4, 0.5) is 0 Å². The molecule has 120 valence electrons. The molecule has 0 bridgehead atoms. The third kappa shape index (κ3) is 2.10. The zero-order valence-electron chi connectivity index (χ0n) is 15.1. The average Bonchev–Trinajstić information content (AvgIpc) is 2.91. The smallest absolute Gasteiger partial charge is 0.232 e. The van der Waals surface area contributed by atoms with Crippen LogP contribution in [0, 0.1) is 27.7 Å². The lowest BCUT2D eigenvalue weighted by Crippen LogP contribution is -2.33. The minimum absolute atomic E-state index is 0.968. The minimum Gasteiger partial charge on any atom is -0.232 e. The van der Waals surface area contributed by atoms with Crippen molar-refractivity contribution in [1.29, 1.82) is 0 Å². The van der Waals surface area contributed by atoms with Gasteiger partial charge in [0, 0.05) is 17.5 Å². The van der Waals surface area contributed by atoms with Crippen LogP contribution in [0.1, 0.15) is 33.4 Å². The fourth-order valence-electron chi connectivity index (χ4n) is 4.03. The maximum Gasteiger partial charge on any atom is 0.287 e. The second-order valence-electron chi connectivity index (χ2n) is 7.07. The maximum absolute atomic E-state index is 4.78. The maximum atomic E-state index is 4.78. The van der Waals surface area contributed by atoms with Crippen LogP contribution in [0.5, 0.6) is 0 Å². The summed E-state index contributed by atoms with van der Waals surface area (Å²) in [6, 6.07) is 11.2. The van der Waals surface area contributed by atoms with E-state index in [1.165, 1.54) is 50.2 Å². The van der Waals surface area contributed by atoms with E-state index < -0.39 is 0 Å². The van der Waals surface area contributed by atoms with Gasteiger partial charge in [0.2, 0.25) is 0 Å². The first kappa shape index (κ1) is 15.1. The molecule has 0 fully saturated rings. The molecule has 0 saturated heterocycles. The van der Waals surface area contributed by atoms with Crippen molar-refractivity contribution in [2.45, 2.75) is 34.1 Å². The highest BCUT2D eigenvalue weighted by atomic mass is 15.0. The van der Waals surface area contributed by atoms with Crippen LogP contribution < -0.4 is 4.57 Å². The molecule has 3 aromatic rings. The topological polar surface area (TPSA) is 16.8 Å². The number of nitrogens with zero attached hydrogens (tertiary/aromatic N) is 2. The lowest BCUT2D eigenvalue weighted by atomic mass is 9.94. The van der Waals surface area contributed by atoms with Crippen LogP contribution in [0.15, 0.2) is 36.7 Å². The van der Waals surface area contributed by atoms with E-state index in [1.807, 2.05) is 6.33 Å². The normalized spacial score (nSPS) is 12.2. The van der Waals surface area contributed by atoms with Gasteiger partial charge in [-0.05, 0) is 61.0 Å². The summed E-state index contributed by atoms with van der Waals surface area (Å²) in [5.41, 5.74) is 13.2. The van der Waals surface area contributed by atoms with Crippen molar-refractivity contribution in [2.24, 2.45) is 7.05 Å². The Hall–Kier alpha value is -2.48. The summed E-state index contributed by atoms with van der Waals surface area (Å²) in [6.07, 6.45) is 2.93. The summed E-state index contributed by atoms with van der Waals surface area (Å²) in [7, 11) is 2.11. The Morgan fingerprint density at radius 3 is 2.58 bits per heavy atom. The Labute approximate surface area is 143 Å². The van der Waals surface area contributed by atoms with E-state index in [0.29, 0.717) is 0 Å². The molecule has 0 unspecified atom stereocenters. The van der Waals surface area contributed by atoms with Gasteiger partial charge in [-0.1, -0.05) is 29.8 Å². The molecule has 0 atom stereocenters. The monoisotopic (exact) mass is 315 g/mol. The van der Waals surface area contributed by atoms with E-state index in [2.05, 4.69) is 69.6 Å². The van der Waals surface area contributed by atoms with Gasteiger partial charge in [-0.3, -0.25) is 0 Å².